The van der Waals surface area contributed by atoms with Crippen LogP contribution in [0.2, 0.25) is 10.0 Å². The van der Waals surface area contributed by atoms with Crippen molar-refractivity contribution in [3.05, 3.63) is 64.0 Å². The van der Waals surface area contributed by atoms with Crippen LogP contribution in [-0.2, 0) is 9.53 Å². The number of carbonyl (C=O) groups is 2. The number of nitrogens with zero attached hydrogens (tertiary/aromatic N) is 2. The Morgan fingerprint density at radius 2 is 1.94 bits per heavy atom. The van der Waals surface area contributed by atoms with E-state index in [0.717, 1.165) is 12.3 Å². The molecule has 174 valence electrons. The number of esters is 1. The van der Waals surface area contributed by atoms with Gasteiger partial charge in [-0.1, -0.05) is 23.2 Å². The molecule has 0 aliphatic rings. The summed E-state index contributed by atoms with van der Waals surface area (Å²) >= 11 is 12.4. The molecule has 1 amide bonds. The van der Waals surface area contributed by atoms with Crippen molar-refractivity contribution in [1.82, 2.24) is 15.3 Å². The first-order chi connectivity index (χ1) is 15.5. The molecule has 0 saturated heterocycles. The molecule has 0 unspecified atom stereocenters. The van der Waals surface area contributed by atoms with Crippen LogP contribution in [0.1, 0.15) is 34.9 Å². The number of furan rings is 1. The summed E-state index contributed by atoms with van der Waals surface area (Å²) in [6, 6.07) is 3.17. The maximum atomic E-state index is 12.7. The van der Waals surface area contributed by atoms with Gasteiger partial charge in [-0.25, -0.2) is 14.8 Å². The van der Waals surface area contributed by atoms with Crippen molar-refractivity contribution in [3.63, 3.8) is 0 Å². The average molecular weight is 503 g/mol. The van der Waals surface area contributed by atoms with E-state index in [4.69, 9.17) is 33.4 Å². The Bertz CT molecular complexity index is 1230. The molecule has 0 radical (unpaired) electrons. The lowest BCUT2D eigenvalue weighted by molar-refractivity contribution is -0.161. The van der Waals surface area contributed by atoms with Crippen LogP contribution in [-0.4, -0.2) is 34.6 Å². The van der Waals surface area contributed by atoms with Crippen molar-refractivity contribution in [1.29, 1.82) is 0 Å². The summed E-state index contributed by atoms with van der Waals surface area (Å²) < 4.78 is 47.2. The zero-order valence-corrected chi connectivity index (χ0v) is 18.3. The lowest BCUT2D eigenvalue weighted by Gasteiger charge is -2.13. The SMILES string of the molecule is C[C@H](NC(=O)/C(=C/N)c1ncccn1)c1oc2c(C(=O)OCC(F)(F)F)cc(Cl)cc2c1Cl. The number of aromatic nitrogens is 2. The van der Waals surface area contributed by atoms with Gasteiger partial charge >= 0.3 is 12.1 Å². The number of halogens is 5. The van der Waals surface area contributed by atoms with Gasteiger partial charge in [-0.05, 0) is 25.1 Å². The molecule has 3 N–H and O–H groups in total. The zero-order chi connectivity index (χ0) is 24.3. The molecule has 3 aromatic rings. The fourth-order valence-electron chi connectivity index (χ4n) is 2.84. The first-order valence-electron chi connectivity index (χ1n) is 9.17. The third-order valence-electron chi connectivity index (χ3n) is 4.26. The van der Waals surface area contributed by atoms with Gasteiger partial charge in [-0.15, -0.1) is 0 Å². The summed E-state index contributed by atoms with van der Waals surface area (Å²) in [7, 11) is 0. The molecule has 2 heterocycles. The van der Waals surface area contributed by atoms with Crippen molar-refractivity contribution >= 4 is 51.6 Å². The zero-order valence-electron chi connectivity index (χ0n) is 16.7. The van der Waals surface area contributed by atoms with E-state index in [1.54, 1.807) is 6.07 Å². The molecule has 0 spiro atoms. The van der Waals surface area contributed by atoms with E-state index in [1.165, 1.54) is 25.4 Å². The number of hydrogen-bond donors (Lipinski definition) is 2. The van der Waals surface area contributed by atoms with E-state index in [9.17, 15) is 22.8 Å². The van der Waals surface area contributed by atoms with Gasteiger partial charge < -0.3 is 20.2 Å². The predicted molar refractivity (Wildman–Crippen MR) is 113 cm³/mol. The molecule has 1 aromatic carbocycles. The van der Waals surface area contributed by atoms with E-state index < -0.39 is 30.7 Å². The van der Waals surface area contributed by atoms with Gasteiger partial charge in [0.2, 0.25) is 0 Å². The second-order valence-electron chi connectivity index (χ2n) is 6.65. The minimum atomic E-state index is -4.71. The number of hydrogen-bond acceptors (Lipinski definition) is 7. The number of fused-ring (bicyclic) bond motifs is 1. The Labute approximate surface area is 194 Å². The monoisotopic (exact) mass is 502 g/mol. The van der Waals surface area contributed by atoms with Crippen LogP contribution in [0.15, 0.2) is 41.2 Å². The maximum absolute atomic E-state index is 12.7. The second-order valence-corrected chi connectivity index (χ2v) is 7.46. The second kappa shape index (κ2) is 9.67. The largest absolute Gasteiger partial charge is 0.456 e. The van der Waals surface area contributed by atoms with Gasteiger partial charge in [0.15, 0.2) is 18.0 Å². The van der Waals surface area contributed by atoms with Gasteiger partial charge in [0.1, 0.15) is 11.3 Å². The van der Waals surface area contributed by atoms with E-state index in [-0.39, 0.29) is 43.7 Å². The number of rotatable bonds is 6. The van der Waals surface area contributed by atoms with Crippen LogP contribution < -0.4 is 11.1 Å². The highest BCUT2D eigenvalue weighted by Gasteiger charge is 2.31. The Hall–Kier alpha value is -3.31. The Morgan fingerprint density at radius 3 is 2.55 bits per heavy atom. The highest BCUT2D eigenvalue weighted by Crippen LogP contribution is 2.38. The number of carbonyl (C=O) groups excluding carboxylic acids is 2. The molecule has 0 fully saturated rings. The third-order valence-corrected chi connectivity index (χ3v) is 4.87. The van der Waals surface area contributed by atoms with Crippen molar-refractivity contribution in [3.8, 4) is 0 Å². The topological polar surface area (TPSA) is 120 Å². The fraction of sp³-hybridized carbons (Fsp3) is 0.200. The predicted octanol–water partition coefficient (Wildman–Crippen LogP) is 4.43. The fourth-order valence-corrected chi connectivity index (χ4v) is 3.40. The summed E-state index contributed by atoms with van der Waals surface area (Å²) in [4.78, 5) is 32.8. The number of nitrogens with two attached hydrogens (primary N) is 1. The van der Waals surface area contributed by atoms with E-state index in [2.05, 4.69) is 20.0 Å². The molecular weight excluding hydrogens is 488 g/mol. The van der Waals surface area contributed by atoms with Crippen LogP contribution in [0.25, 0.3) is 16.5 Å². The summed E-state index contributed by atoms with van der Waals surface area (Å²) in [6.45, 7) is -0.256. The summed E-state index contributed by atoms with van der Waals surface area (Å²) in [6.07, 6.45) is -0.815. The molecule has 1 atom stereocenters. The normalized spacial score (nSPS) is 13.1. The highest BCUT2D eigenvalue weighted by molar-refractivity contribution is 6.38. The van der Waals surface area contributed by atoms with Gasteiger partial charge in [0, 0.05) is 29.0 Å². The molecule has 2 aromatic heterocycles. The van der Waals surface area contributed by atoms with E-state index in [0.29, 0.717) is 0 Å². The minimum Gasteiger partial charge on any atom is -0.456 e. The number of ether oxygens (including phenoxy) is 1. The summed E-state index contributed by atoms with van der Waals surface area (Å²) in [5.41, 5.74) is 5.02. The Balaban J connectivity index is 1.91. The molecule has 0 aliphatic heterocycles. The van der Waals surface area contributed by atoms with Crippen molar-refractivity contribution < 1.29 is 31.9 Å². The molecule has 8 nitrogen and oxygen atoms in total. The molecule has 33 heavy (non-hydrogen) atoms. The van der Waals surface area contributed by atoms with Crippen molar-refractivity contribution in [2.75, 3.05) is 6.61 Å². The molecule has 13 heteroatoms. The minimum absolute atomic E-state index is 0.000546. The van der Waals surface area contributed by atoms with Crippen LogP contribution in [0, 0.1) is 0 Å². The number of nitrogens with one attached hydrogen (secondary N) is 1. The molecular formula is C20H15Cl2F3N4O4. The number of amides is 1. The van der Waals surface area contributed by atoms with Crippen LogP contribution in [0.4, 0.5) is 13.2 Å². The summed E-state index contributed by atoms with van der Waals surface area (Å²) in [5, 5.41) is 2.78. The standard InChI is InChI=1S/C20H15Cl2F3N4O4/c1-9(29-18(30)13(7-26)17-27-3-2-4-28-17)15-14(22)11-5-10(21)6-12(16(11)33-15)19(31)32-8-20(23,24)25/h2-7,9H,8,26H2,1H3,(H,29,30)/b13-7+/t9-/m0/s1. The van der Waals surface area contributed by atoms with E-state index >= 15 is 0 Å². The molecule has 0 saturated carbocycles. The number of alkyl halides is 3. The lowest BCUT2D eigenvalue weighted by atomic mass is 10.1. The maximum Gasteiger partial charge on any atom is 0.422 e. The summed E-state index contributed by atoms with van der Waals surface area (Å²) in [5.74, 6) is -1.84. The van der Waals surface area contributed by atoms with Crippen molar-refractivity contribution in [2.24, 2.45) is 5.73 Å². The van der Waals surface area contributed by atoms with Gasteiger partial charge in [-0.3, -0.25) is 4.79 Å². The van der Waals surface area contributed by atoms with E-state index in [1.807, 2.05) is 0 Å². The first kappa shape index (κ1) is 24.3. The highest BCUT2D eigenvalue weighted by atomic mass is 35.5. The average Bonchev–Trinajstić information content (AvgIpc) is 3.08. The number of benzene rings is 1. The van der Waals surface area contributed by atoms with Crippen LogP contribution >= 0.6 is 23.2 Å². The van der Waals surface area contributed by atoms with Crippen LogP contribution in [0.3, 0.4) is 0 Å². The molecule has 0 bridgehead atoms. The third kappa shape index (κ3) is 5.55. The van der Waals surface area contributed by atoms with Gasteiger partial charge in [0.05, 0.1) is 16.6 Å². The smallest absolute Gasteiger partial charge is 0.422 e. The first-order valence-corrected chi connectivity index (χ1v) is 9.93. The molecule has 0 aliphatic carbocycles. The Kier molecular flexibility index (Phi) is 7.13. The molecule has 3 rings (SSSR count). The van der Waals surface area contributed by atoms with Gasteiger partial charge in [-0.2, -0.15) is 13.2 Å². The van der Waals surface area contributed by atoms with Gasteiger partial charge in [0.25, 0.3) is 5.91 Å². The Morgan fingerprint density at radius 1 is 1.27 bits per heavy atom. The lowest BCUT2D eigenvalue weighted by Crippen LogP contribution is -2.28. The van der Waals surface area contributed by atoms with Crippen molar-refractivity contribution in [2.45, 2.75) is 19.1 Å². The quantitative estimate of drug-likeness (QED) is 0.377. The van der Waals surface area contributed by atoms with Crippen LogP contribution in [0.5, 0.6) is 0 Å².